The Morgan fingerprint density at radius 2 is 2.25 bits per heavy atom. The van der Waals surface area contributed by atoms with E-state index in [0.717, 1.165) is 22.2 Å². The van der Waals surface area contributed by atoms with Gasteiger partial charge in [0.1, 0.15) is 5.75 Å². The zero-order valence-electron chi connectivity index (χ0n) is 9.33. The van der Waals surface area contributed by atoms with Crippen LogP contribution >= 0.6 is 0 Å². The van der Waals surface area contributed by atoms with Crippen molar-refractivity contribution < 1.29 is 9.53 Å². The first-order chi connectivity index (χ1) is 7.67. The van der Waals surface area contributed by atoms with Crippen molar-refractivity contribution in [3.63, 3.8) is 0 Å². The van der Waals surface area contributed by atoms with Crippen LogP contribution in [0.5, 0.6) is 5.75 Å². The van der Waals surface area contributed by atoms with E-state index in [9.17, 15) is 4.79 Å². The second kappa shape index (κ2) is 3.98. The van der Waals surface area contributed by atoms with Crippen LogP contribution in [0.1, 0.15) is 16.1 Å². The lowest BCUT2D eigenvalue weighted by Gasteiger charge is -2.02. The number of aryl methyl sites for hydroxylation is 1. The average molecular weight is 218 g/mol. The second-order valence-corrected chi connectivity index (χ2v) is 3.68. The molecule has 0 fully saturated rings. The van der Waals surface area contributed by atoms with Gasteiger partial charge in [-0.3, -0.25) is 4.79 Å². The summed E-state index contributed by atoms with van der Waals surface area (Å²) in [4.78, 5) is 14.5. The lowest BCUT2D eigenvalue weighted by molar-refractivity contribution is 0.0997. The Hall–Kier alpha value is -1.81. The van der Waals surface area contributed by atoms with Crippen molar-refractivity contribution in [2.24, 2.45) is 5.73 Å². The largest absolute Gasteiger partial charge is 0.495 e. The maximum atomic E-state index is 11.5. The van der Waals surface area contributed by atoms with E-state index in [1.807, 2.05) is 25.1 Å². The minimum absolute atomic E-state index is 0.00812. The number of fused-ring (bicyclic) bond motifs is 1. The van der Waals surface area contributed by atoms with Crippen LogP contribution in [0, 0.1) is 6.92 Å². The Balaban J connectivity index is 2.68. The summed E-state index contributed by atoms with van der Waals surface area (Å²) < 4.78 is 5.24. The molecule has 0 atom stereocenters. The smallest absolute Gasteiger partial charge is 0.192 e. The summed E-state index contributed by atoms with van der Waals surface area (Å²) in [5, 5.41) is 0.996. The molecule has 0 spiro atoms. The molecule has 0 amide bonds. The summed E-state index contributed by atoms with van der Waals surface area (Å²) in [5.74, 6) is 0.634. The van der Waals surface area contributed by atoms with E-state index in [4.69, 9.17) is 10.5 Å². The molecule has 0 bridgehead atoms. The minimum atomic E-state index is -0.0994. The molecule has 1 aromatic carbocycles. The van der Waals surface area contributed by atoms with Crippen molar-refractivity contribution >= 4 is 16.7 Å². The van der Waals surface area contributed by atoms with Crippen LogP contribution in [0.2, 0.25) is 0 Å². The van der Waals surface area contributed by atoms with Gasteiger partial charge in [-0.15, -0.1) is 0 Å². The van der Waals surface area contributed by atoms with Gasteiger partial charge >= 0.3 is 0 Å². The van der Waals surface area contributed by atoms with E-state index in [1.54, 1.807) is 7.11 Å². The summed E-state index contributed by atoms with van der Waals surface area (Å²) in [7, 11) is 1.61. The Kier molecular flexibility index (Phi) is 2.66. The number of ether oxygens (including phenoxy) is 1. The van der Waals surface area contributed by atoms with E-state index in [1.165, 1.54) is 0 Å². The number of carbonyl (C=O) groups excluding carboxylic acids is 1. The monoisotopic (exact) mass is 218 g/mol. The molecule has 4 nitrogen and oxygen atoms in total. The number of hydrogen-bond acceptors (Lipinski definition) is 3. The fourth-order valence-electron chi connectivity index (χ4n) is 1.76. The number of carbonyl (C=O) groups is 1. The SMILES string of the molecule is COc1ccc(C)c2cc(C(=O)CN)[nH]c12. The predicted octanol–water partition coefficient (Wildman–Crippen LogP) is 1.63. The van der Waals surface area contributed by atoms with Gasteiger partial charge in [-0.1, -0.05) is 6.07 Å². The molecular formula is C12H14N2O2. The number of nitrogens with two attached hydrogens (primary N) is 1. The molecule has 2 rings (SSSR count). The lowest BCUT2D eigenvalue weighted by Crippen LogP contribution is -2.13. The zero-order valence-corrected chi connectivity index (χ0v) is 9.33. The molecule has 0 radical (unpaired) electrons. The molecule has 0 aliphatic carbocycles. The van der Waals surface area contributed by atoms with Crippen molar-refractivity contribution in [3.05, 3.63) is 29.5 Å². The molecule has 0 saturated heterocycles. The third-order valence-corrected chi connectivity index (χ3v) is 2.68. The predicted molar refractivity (Wildman–Crippen MR) is 63.0 cm³/mol. The van der Waals surface area contributed by atoms with Crippen LogP contribution in [0.3, 0.4) is 0 Å². The number of H-pyrrole nitrogens is 1. The molecule has 84 valence electrons. The summed E-state index contributed by atoms with van der Waals surface area (Å²) >= 11 is 0. The molecule has 0 aliphatic rings. The maximum absolute atomic E-state index is 11.5. The summed E-state index contributed by atoms with van der Waals surface area (Å²) in [6, 6.07) is 5.67. The van der Waals surface area contributed by atoms with Gasteiger partial charge in [0.25, 0.3) is 0 Å². The van der Waals surface area contributed by atoms with Crippen LogP contribution in [0.25, 0.3) is 10.9 Å². The van der Waals surface area contributed by atoms with Gasteiger partial charge in [-0.2, -0.15) is 0 Å². The first-order valence-electron chi connectivity index (χ1n) is 5.07. The van der Waals surface area contributed by atoms with Crippen molar-refractivity contribution in [2.75, 3.05) is 13.7 Å². The van der Waals surface area contributed by atoms with Gasteiger partial charge in [0.05, 0.1) is 24.9 Å². The number of Topliss-reactive ketones (excluding diaryl/α,β-unsaturated/α-hetero) is 1. The Morgan fingerprint density at radius 1 is 1.50 bits per heavy atom. The van der Waals surface area contributed by atoms with Gasteiger partial charge in [0.15, 0.2) is 5.78 Å². The van der Waals surface area contributed by atoms with Crippen LogP contribution in [-0.4, -0.2) is 24.4 Å². The van der Waals surface area contributed by atoms with E-state index in [2.05, 4.69) is 4.98 Å². The zero-order chi connectivity index (χ0) is 11.7. The number of aromatic nitrogens is 1. The summed E-state index contributed by atoms with van der Waals surface area (Å²) in [6.07, 6.45) is 0. The number of nitrogens with one attached hydrogen (secondary N) is 1. The number of rotatable bonds is 3. The van der Waals surface area contributed by atoms with Crippen LogP contribution in [0.15, 0.2) is 18.2 Å². The molecule has 0 saturated carbocycles. The fourth-order valence-corrected chi connectivity index (χ4v) is 1.76. The number of aromatic amines is 1. The number of hydrogen-bond donors (Lipinski definition) is 2. The first kappa shape index (κ1) is 10.7. The molecule has 0 aliphatic heterocycles. The standard InChI is InChI=1S/C12H14N2O2/c1-7-3-4-11(16-2)12-8(7)5-9(14-12)10(15)6-13/h3-5,14H,6,13H2,1-2H3. The average Bonchev–Trinajstić information content (AvgIpc) is 2.74. The molecule has 2 aromatic rings. The van der Waals surface area contributed by atoms with E-state index < -0.39 is 0 Å². The van der Waals surface area contributed by atoms with Crippen molar-refractivity contribution in [3.8, 4) is 5.75 Å². The topological polar surface area (TPSA) is 68.1 Å². The first-order valence-corrected chi connectivity index (χ1v) is 5.07. The number of ketones is 1. The van der Waals surface area contributed by atoms with Crippen LogP contribution in [0.4, 0.5) is 0 Å². The van der Waals surface area contributed by atoms with Gasteiger partial charge in [0, 0.05) is 5.39 Å². The highest BCUT2D eigenvalue weighted by Gasteiger charge is 2.12. The molecule has 0 unspecified atom stereocenters. The number of benzene rings is 1. The van der Waals surface area contributed by atoms with Crippen LogP contribution < -0.4 is 10.5 Å². The highest BCUT2D eigenvalue weighted by Crippen LogP contribution is 2.28. The summed E-state index contributed by atoms with van der Waals surface area (Å²) in [5.41, 5.74) is 7.81. The molecule has 16 heavy (non-hydrogen) atoms. The highest BCUT2D eigenvalue weighted by molar-refractivity contribution is 6.02. The highest BCUT2D eigenvalue weighted by atomic mass is 16.5. The van der Waals surface area contributed by atoms with Gasteiger partial charge < -0.3 is 15.5 Å². The minimum Gasteiger partial charge on any atom is -0.495 e. The molecule has 4 heteroatoms. The van der Waals surface area contributed by atoms with Crippen LogP contribution in [-0.2, 0) is 0 Å². The van der Waals surface area contributed by atoms with Gasteiger partial charge in [-0.25, -0.2) is 0 Å². The molecule has 1 heterocycles. The van der Waals surface area contributed by atoms with E-state index >= 15 is 0 Å². The molecule has 3 N–H and O–H groups in total. The maximum Gasteiger partial charge on any atom is 0.192 e. The summed E-state index contributed by atoms with van der Waals surface area (Å²) in [6.45, 7) is 2.00. The van der Waals surface area contributed by atoms with Gasteiger partial charge in [0.2, 0.25) is 0 Å². The molecule has 1 aromatic heterocycles. The van der Waals surface area contributed by atoms with Crippen molar-refractivity contribution in [1.29, 1.82) is 0 Å². The normalized spacial score (nSPS) is 10.7. The lowest BCUT2D eigenvalue weighted by atomic mass is 10.1. The second-order valence-electron chi connectivity index (χ2n) is 3.68. The van der Waals surface area contributed by atoms with E-state index in [0.29, 0.717) is 5.69 Å². The Bertz CT molecular complexity index is 543. The third kappa shape index (κ3) is 1.57. The Labute approximate surface area is 93.4 Å². The Morgan fingerprint density at radius 3 is 2.88 bits per heavy atom. The van der Waals surface area contributed by atoms with Crippen molar-refractivity contribution in [1.82, 2.24) is 4.98 Å². The van der Waals surface area contributed by atoms with Gasteiger partial charge in [-0.05, 0) is 24.6 Å². The molecular weight excluding hydrogens is 204 g/mol. The number of methoxy groups -OCH3 is 1. The quantitative estimate of drug-likeness (QED) is 0.769. The fraction of sp³-hybridized carbons (Fsp3) is 0.250. The third-order valence-electron chi connectivity index (χ3n) is 2.68. The van der Waals surface area contributed by atoms with E-state index in [-0.39, 0.29) is 12.3 Å². The van der Waals surface area contributed by atoms with Crippen molar-refractivity contribution in [2.45, 2.75) is 6.92 Å².